The van der Waals surface area contributed by atoms with Crippen molar-refractivity contribution in [1.29, 1.82) is 0 Å². The van der Waals surface area contributed by atoms with E-state index in [2.05, 4.69) is 57.1 Å². The fourth-order valence-corrected chi connectivity index (χ4v) is 5.85. The zero-order valence-corrected chi connectivity index (χ0v) is 21.6. The molecule has 0 radical (unpaired) electrons. The molecule has 1 aliphatic carbocycles. The van der Waals surface area contributed by atoms with Gasteiger partial charge in [0.2, 0.25) is 0 Å². The van der Waals surface area contributed by atoms with Gasteiger partial charge in [0, 0.05) is 76.2 Å². The van der Waals surface area contributed by atoms with Crippen molar-refractivity contribution >= 4 is 5.91 Å². The first-order valence-electron chi connectivity index (χ1n) is 13.4. The van der Waals surface area contributed by atoms with E-state index in [4.69, 9.17) is 4.74 Å². The second-order valence-corrected chi connectivity index (χ2v) is 10.2. The molecule has 7 nitrogen and oxygen atoms in total. The summed E-state index contributed by atoms with van der Waals surface area (Å²) in [5, 5.41) is 0. The minimum absolute atomic E-state index is 0.0590. The molecule has 1 amide bonds. The van der Waals surface area contributed by atoms with E-state index in [1.54, 1.807) is 0 Å². The molecular weight excluding hydrogens is 462 g/mol. The van der Waals surface area contributed by atoms with Gasteiger partial charge in [-0.15, -0.1) is 0 Å². The van der Waals surface area contributed by atoms with Crippen molar-refractivity contribution in [1.82, 2.24) is 24.6 Å². The quantitative estimate of drug-likeness (QED) is 0.521. The number of amides is 1. The van der Waals surface area contributed by atoms with Crippen molar-refractivity contribution in [3.63, 3.8) is 0 Å². The van der Waals surface area contributed by atoms with Gasteiger partial charge in [-0.1, -0.05) is 42.5 Å². The van der Waals surface area contributed by atoms with Gasteiger partial charge in [0.15, 0.2) is 0 Å². The molecule has 6 rings (SSSR count). The Morgan fingerprint density at radius 2 is 1.59 bits per heavy atom. The fourth-order valence-electron chi connectivity index (χ4n) is 5.85. The Bertz CT molecular complexity index is 1200. The van der Waals surface area contributed by atoms with Crippen LogP contribution in [0.25, 0.3) is 11.3 Å². The van der Waals surface area contributed by atoms with Crippen molar-refractivity contribution in [2.75, 3.05) is 72.6 Å². The Morgan fingerprint density at radius 3 is 2.43 bits per heavy atom. The van der Waals surface area contributed by atoms with Crippen LogP contribution in [0.2, 0.25) is 0 Å². The summed E-state index contributed by atoms with van der Waals surface area (Å²) >= 11 is 0. The molecule has 2 fully saturated rings. The van der Waals surface area contributed by atoms with Crippen molar-refractivity contribution in [2.45, 2.75) is 6.04 Å². The smallest absolute Gasteiger partial charge is 0.257 e. The minimum atomic E-state index is 0.0590. The number of piperazine rings is 2. The van der Waals surface area contributed by atoms with Gasteiger partial charge in [-0.05, 0) is 30.8 Å². The van der Waals surface area contributed by atoms with E-state index in [1.165, 1.54) is 16.7 Å². The summed E-state index contributed by atoms with van der Waals surface area (Å²) in [6.07, 6.45) is 1.87. The predicted octanol–water partition coefficient (Wildman–Crippen LogP) is 3.24. The van der Waals surface area contributed by atoms with Crippen LogP contribution in [0.5, 0.6) is 5.75 Å². The number of benzene rings is 2. The molecule has 0 spiro atoms. The SMILES string of the molecule is CN1CCN(CCOc2ccccc2C(=O)N2CCN(C3c4ccccc4-c4ncccc43)CC2)CC1. The largest absolute Gasteiger partial charge is 0.491 e. The molecule has 1 aromatic heterocycles. The van der Waals surface area contributed by atoms with Crippen LogP contribution in [0.4, 0.5) is 0 Å². The number of nitrogens with zero attached hydrogens (tertiary/aromatic N) is 5. The van der Waals surface area contributed by atoms with Gasteiger partial charge < -0.3 is 14.5 Å². The van der Waals surface area contributed by atoms with E-state index >= 15 is 0 Å². The highest BCUT2D eigenvalue weighted by molar-refractivity contribution is 5.97. The number of hydrogen-bond acceptors (Lipinski definition) is 6. The Kier molecular flexibility index (Phi) is 6.91. The van der Waals surface area contributed by atoms with E-state index in [9.17, 15) is 4.79 Å². The summed E-state index contributed by atoms with van der Waals surface area (Å²) in [5.74, 6) is 0.748. The van der Waals surface area contributed by atoms with E-state index in [1.807, 2.05) is 41.4 Å². The molecular formula is C30H35N5O2. The van der Waals surface area contributed by atoms with E-state index < -0.39 is 0 Å². The molecule has 1 unspecified atom stereocenters. The molecule has 0 bridgehead atoms. The lowest BCUT2D eigenvalue weighted by Crippen LogP contribution is -2.49. The molecule has 2 aromatic carbocycles. The maximum Gasteiger partial charge on any atom is 0.257 e. The molecule has 1 atom stereocenters. The number of likely N-dealkylation sites (N-methyl/N-ethyl adjacent to an activating group) is 1. The molecule has 192 valence electrons. The molecule has 3 aromatic rings. The van der Waals surface area contributed by atoms with Gasteiger partial charge in [-0.3, -0.25) is 19.6 Å². The zero-order chi connectivity index (χ0) is 25.2. The first kappa shape index (κ1) is 24.1. The number of hydrogen-bond donors (Lipinski definition) is 0. The third-order valence-electron chi connectivity index (χ3n) is 7.99. The van der Waals surface area contributed by atoms with Crippen molar-refractivity contribution in [3.8, 4) is 17.0 Å². The van der Waals surface area contributed by atoms with Gasteiger partial charge in [-0.25, -0.2) is 0 Å². The first-order valence-corrected chi connectivity index (χ1v) is 13.4. The predicted molar refractivity (Wildman–Crippen MR) is 145 cm³/mol. The summed E-state index contributed by atoms with van der Waals surface area (Å²) in [5.41, 5.74) is 5.56. The van der Waals surface area contributed by atoms with Gasteiger partial charge in [0.25, 0.3) is 5.91 Å². The maximum absolute atomic E-state index is 13.5. The Labute approximate surface area is 219 Å². The number of pyridine rings is 1. The third kappa shape index (κ3) is 4.87. The number of fused-ring (bicyclic) bond motifs is 3. The average Bonchev–Trinajstić information content (AvgIpc) is 3.29. The lowest BCUT2D eigenvalue weighted by Gasteiger charge is -2.38. The third-order valence-corrected chi connectivity index (χ3v) is 7.99. The van der Waals surface area contributed by atoms with Crippen LogP contribution >= 0.6 is 0 Å². The van der Waals surface area contributed by atoms with Crippen LogP contribution in [-0.4, -0.2) is 103 Å². The molecule has 2 aliphatic heterocycles. The average molecular weight is 498 g/mol. The second kappa shape index (κ2) is 10.6. The van der Waals surface area contributed by atoms with Crippen LogP contribution in [0.15, 0.2) is 66.9 Å². The summed E-state index contributed by atoms with van der Waals surface area (Å²) in [7, 11) is 2.16. The highest BCUT2D eigenvalue weighted by Gasteiger charge is 2.36. The van der Waals surface area contributed by atoms with Crippen LogP contribution in [0.3, 0.4) is 0 Å². The zero-order valence-electron chi connectivity index (χ0n) is 21.6. The Hall–Kier alpha value is -3.26. The molecule has 0 saturated carbocycles. The summed E-state index contributed by atoms with van der Waals surface area (Å²) in [6, 6.07) is 20.7. The number of carbonyl (C=O) groups excluding carboxylic acids is 1. The lowest BCUT2D eigenvalue weighted by atomic mass is 10.0. The number of ether oxygens (including phenoxy) is 1. The van der Waals surface area contributed by atoms with Crippen molar-refractivity contribution in [3.05, 3.63) is 83.6 Å². The van der Waals surface area contributed by atoms with Gasteiger partial charge in [0.05, 0.1) is 17.3 Å². The summed E-state index contributed by atoms with van der Waals surface area (Å²) in [4.78, 5) is 27.5. The van der Waals surface area contributed by atoms with Gasteiger partial charge in [-0.2, -0.15) is 0 Å². The fraction of sp³-hybridized carbons (Fsp3) is 0.400. The van der Waals surface area contributed by atoms with Crippen molar-refractivity contribution < 1.29 is 9.53 Å². The normalized spacial score (nSPS) is 20.5. The Morgan fingerprint density at radius 1 is 0.865 bits per heavy atom. The highest BCUT2D eigenvalue weighted by atomic mass is 16.5. The number of carbonyl (C=O) groups is 1. The molecule has 37 heavy (non-hydrogen) atoms. The molecule has 0 N–H and O–H groups in total. The summed E-state index contributed by atoms with van der Waals surface area (Å²) in [6.45, 7) is 8.84. The number of rotatable bonds is 6. The van der Waals surface area contributed by atoms with Crippen LogP contribution < -0.4 is 4.74 Å². The van der Waals surface area contributed by atoms with Crippen LogP contribution in [0, 0.1) is 0 Å². The number of aromatic nitrogens is 1. The molecule has 7 heteroatoms. The summed E-state index contributed by atoms with van der Waals surface area (Å²) < 4.78 is 6.14. The monoisotopic (exact) mass is 497 g/mol. The topological polar surface area (TPSA) is 52.2 Å². The molecule has 3 aliphatic rings. The first-order chi connectivity index (χ1) is 18.2. The van der Waals surface area contributed by atoms with Gasteiger partial charge in [0.1, 0.15) is 12.4 Å². The van der Waals surface area contributed by atoms with Gasteiger partial charge >= 0.3 is 0 Å². The Balaban J connectivity index is 1.09. The second-order valence-electron chi connectivity index (χ2n) is 10.2. The van der Waals surface area contributed by atoms with Crippen LogP contribution in [0.1, 0.15) is 27.5 Å². The van der Waals surface area contributed by atoms with Crippen molar-refractivity contribution in [2.24, 2.45) is 0 Å². The molecule has 2 saturated heterocycles. The van der Waals surface area contributed by atoms with Crippen LogP contribution in [-0.2, 0) is 0 Å². The maximum atomic E-state index is 13.5. The van der Waals surface area contributed by atoms with E-state index in [0.717, 1.165) is 51.5 Å². The van der Waals surface area contributed by atoms with E-state index in [0.29, 0.717) is 31.0 Å². The standard InChI is InChI=1S/C30H35N5O2/c1-32-13-15-33(16-14-32)21-22-37-27-11-5-4-9-25(27)30(36)35-19-17-34(18-20-35)29-24-8-3-2-7-23(24)28-26(29)10-6-12-31-28/h2-12,29H,13-22H2,1H3. The lowest BCUT2D eigenvalue weighted by molar-refractivity contribution is 0.0595. The highest BCUT2D eigenvalue weighted by Crippen LogP contribution is 2.45. The minimum Gasteiger partial charge on any atom is -0.491 e. The number of para-hydroxylation sites is 1. The van der Waals surface area contributed by atoms with E-state index in [-0.39, 0.29) is 11.9 Å². The molecule has 3 heterocycles.